The van der Waals surface area contributed by atoms with E-state index in [-0.39, 0.29) is 36.4 Å². The molecule has 4 rings (SSSR count). The Morgan fingerprint density at radius 2 is 0.857 bits per heavy atom. The van der Waals surface area contributed by atoms with Crippen molar-refractivity contribution in [1.82, 2.24) is 24.5 Å². The zero-order valence-electron chi connectivity index (χ0n) is 36.7. The Hall–Kier alpha value is -3.05. The van der Waals surface area contributed by atoms with E-state index in [1.165, 1.54) is 18.4 Å². The second-order valence-electron chi connectivity index (χ2n) is 19.4. The van der Waals surface area contributed by atoms with Crippen LogP contribution in [0.3, 0.4) is 0 Å². The Labute approximate surface area is 339 Å². The van der Waals surface area contributed by atoms with Gasteiger partial charge >= 0.3 is 18.3 Å². The summed E-state index contributed by atoms with van der Waals surface area (Å²) in [5.41, 5.74) is -0.511. The van der Waals surface area contributed by atoms with Gasteiger partial charge in [-0.05, 0) is 106 Å². The molecule has 3 amide bonds. The summed E-state index contributed by atoms with van der Waals surface area (Å²) in [6.45, 7) is 23.3. The number of ether oxygens (including phenoxy) is 3. The van der Waals surface area contributed by atoms with Gasteiger partial charge in [-0.2, -0.15) is 0 Å². The van der Waals surface area contributed by atoms with Crippen LogP contribution in [0.1, 0.15) is 145 Å². The number of nitrogens with zero attached hydrogens (tertiary/aromatic N) is 5. The van der Waals surface area contributed by atoms with E-state index in [9.17, 15) is 14.4 Å². The summed E-state index contributed by atoms with van der Waals surface area (Å²) in [6.07, 6.45) is 11.6. The molecule has 3 fully saturated rings. The van der Waals surface area contributed by atoms with Crippen molar-refractivity contribution in [2.24, 2.45) is 0 Å². The molecule has 0 bridgehead atoms. The van der Waals surface area contributed by atoms with E-state index in [4.69, 9.17) is 14.2 Å². The topological polar surface area (TPSA) is 95.1 Å². The number of likely N-dealkylation sites (tertiary alicyclic amines) is 1. The predicted molar refractivity (Wildman–Crippen MR) is 224 cm³/mol. The van der Waals surface area contributed by atoms with Crippen molar-refractivity contribution in [3.63, 3.8) is 0 Å². The van der Waals surface area contributed by atoms with E-state index in [1.807, 2.05) is 83.1 Å². The number of hydrogen-bond acceptors (Lipinski definition) is 8. The molecule has 11 heteroatoms. The minimum atomic E-state index is -0.620. The third-order valence-electron chi connectivity index (χ3n) is 11.1. The maximum atomic E-state index is 14.0. The Balaban J connectivity index is 1.55. The Morgan fingerprint density at radius 1 is 0.518 bits per heavy atom. The number of carbonyl (C=O) groups excluding carboxylic acids is 3. The third kappa shape index (κ3) is 16.1. The van der Waals surface area contributed by atoms with Gasteiger partial charge in [0.2, 0.25) is 0 Å². The van der Waals surface area contributed by atoms with Gasteiger partial charge in [0.05, 0.1) is 0 Å². The van der Waals surface area contributed by atoms with Crippen LogP contribution in [0.4, 0.5) is 14.4 Å². The number of carbonyl (C=O) groups is 3. The predicted octanol–water partition coefficient (Wildman–Crippen LogP) is 9.33. The minimum Gasteiger partial charge on any atom is -0.444 e. The molecule has 1 aliphatic heterocycles. The van der Waals surface area contributed by atoms with Crippen molar-refractivity contribution in [1.29, 1.82) is 0 Å². The number of piperidine rings is 1. The van der Waals surface area contributed by atoms with Crippen LogP contribution in [-0.4, -0.2) is 130 Å². The number of amides is 3. The highest BCUT2D eigenvalue weighted by Gasteiger charge is 2.34. The van der Waals surface area contributed by atoms with E-state index < -0.39 is 16.8 Å². The van der Waals surface area contributed by atoms with Gasteiger partial charge in [0.15, 0.2) is 0 Å². The summed E-state index contributed by atoms with van der Waals surface area (Å²) in [4.78, 5) is 52.1. The van der Waals surface area contributed by atoms with Gasteiger partial charge in [-0.15, -0.1) is 0 Å². The van der Waals surface area contributed by atoms with Crippen molar-refractivity contribution >= 4 is 18.3 Å². The summed E-state index contributed by atoms with van der Waals surface area (Å²) >= 11 is 0. The van der Waals surface area contributed by atoms with Crippen LogP contribution in [0, 0.1) is 0 Å². The maximum Gasteiger partial charge on any atom is 0.410 e. The van der Waals surface area contributed by atoms with Crippen molar-refractivity contribution in [3.8, 4) is 0 Å². The largest absolute Gasteiger partial charge is 0.444 e. The average Bonchev–Trinajstić information content (AvgIpc) is 3.11. The summed E-state index contributed by atoms with van der Waals surface area (Å²) in [5, 5.41) is 0. The smallest absolute Gasteiger partial charge is 0.410 e. The van der Waals surface area contributed by atoms with Gasteiger partial charge in [0.1, 0.15) is 16.8 Å². The van der Waals surface area contributed by atoms with Gasteiger partial charge in [-0.25, -0.2) is 14.4 Å². The molecule has 1 heterocycles. The van der Waals surface area contributed by atoms with E-state index in [1.54, 1.807) is 0 Å². The molecule has 0 N–H and O–H groups in total. The zero-order chi connectivity index (χ0) is 40.9. The van der Waals surface area contributed by atoms with Crippen LogP contribution < -0.4 is 0 Å². The molecular weight excluding hydrogens is 707 g/mol. The highest BCUT2D eigenvalue weighted by atomic mass is 16.6. The van der Waals surface area contributed by atoms with E-state index in [0.29, 0.717) is 39.3 Å². The van der Waals surface area contributed by atoms with E-state index in [2.05, 4.69) is 34.1 Å². The average molecular weight is 784 g/mol. The Kier molecular flexibility index (Phi) is 17.2. The quantitative estimate of drug-likeness (QED) is 0.173. The molecule has 11 nitrogen and oxygen atoms in total. The molecule has 0 spiro atoms. The number of hydrogen-bond donors (Lipinski definition) is 0. The molecule has 0 radical (unpaired) electrons. The van der Waals surface area contributed by atoms with Gasteiger partial charge < -0.3 is 28.9 Å². The lowest BCUT2D eigenvalue weighted by atomic mass is 9.94. The van der Waals surface area contributed by atoms with Crippen LogP contribution in [-0.2, 0) is 20.8 Å². The molecule has 56 heavy (non-hydrogen) atoms. The second-order valence-corrected chi connectivity index (χ2v) is 19.4. The molecule has 3 aliphatic rings. The second kappa shape index (κ2) is 21.1. The summed E-state index contributed by atoms with van der Waals surface area (Å²) < 4.78 is 18.0. The Morgan fingerprint density at radius 3 is 1.20 bits per heavy atom. The fourth-order valence-electron chi connectivity index (χ4n) is 8.33. The van der Waals surface area contributed by atoms with Crippen molar-refractivity contribution in [3.05, 3.63) is 35.9 Å². The lowest BCUT2D eigenvalue weighted by Crippen LogP contribution is -2.53. The molecule has 1 saturated heterocycles. The molecule has 318 valence electrons. The normalized spacial score (nSPS) is 18.4. The zero-order valence-corrected chi connectivity index (χ0v) is 36.7. The third-order valence-corrected chi connectivity index (χ3v) is 11.1. The van der Waals surface area contributed by atoms with Crippen LogP contribution in [0.15, 0.2) is 30.3 Å². The van der Waals surface area contributed by atoms with Crippen LogP contribution >= 0.6 is 0 Å². The first-order valence-electron chi connectivity index (χ1n) is 21.8. The van der Waals surface area contributed by atoms with Gasteiger partial charge in [-0.3, -0.25) is 9.80 Å². The molecule has 2 aliphatic carbocycles. The van der Waals surface area contributed by atoms with Gasteiger partial charge in [-0.1, -0.05) is 68.9 Å². The summed E-state index contributed by atoms with van der Waals surface area (Å²) in [6, 6.07) is 10.9. The lowest BCUT2D eigenvalue weighted by molar-refractivity contribution is 0.00151. The SMILES string of the molecule is CC(C)(C)OC(=O)N(CCN(CCN(C(=O)OC(C)(C)C)C1CCCCC1)CCN(C(=O)OC(C)(C)C)C1CCN(Cc2ccccc2)CC1)C1CCCCC1. The number of rotatable bonds is 14. The lowest BCUT2D eigenvalue weighted by Gasteiger charge is -2.41. The van der Waals surface area contributed by atoms with Crippen molar-refractivity contribution < 1.29 is 28.6 Å². The van der Waals surface area contributed by atoms with Crippen LogP contribution in [0.2, 0.25) is 0 Å². The summed E-state index contributed by atoms with van der Waals surface area (Å²) in [5.74, 6) is 0. The number of benzene rings is 1. The monoisotopic (exact) mass is 784 g/mol. The van der Waals surface area contributed by atoms with Crippen molar-refractivity contribution in [2.75, 3.05) is 52.4 Å². The molecule has 2 saturated carbocycles. The minimum absolute atomic E-state index is 0.0553. The van der Waals surface area contributed by atoms with Gasteiger partial charge in [0, 0.05) is 77.0 Å². The molecular formula is C45H77N5O6. The molecule has 1 aromatic rings. The molecule has 1 aromatic carbocycles. The van der Waals surface area contributed by atoms with Crippen LogP contribution in [0.25, 0.3) is 0 Å². The van der Waals surface area contributed by atoms with E-state index in [0.717, 1.165) is 83.8 Å². The summed E-state index contributed by atoms with van der Waals surface area (Å²) in [7, 11) is 0. The highest BCUT2D eigenvalue weighted by molar-refractivity contribution is 5.69. The standard InChI is InChI=1S/C45H77N5O6/c1-43(2,3)54-40(51)48(37-21-15-11-16-22-37)32-29-46(30-33-49(38-23-17-12-18-24-38)41(52)55-44(4,5)6)31-34-50(42(53)56-45(7,8)9)39-25-27-47(28-26-39)35-36-19-13-10-14-20-36/h10,13-14,19-20,37-39H,11-12,15-18,21-35H2,1-9H3. The fourth-order valence-corrected chi connectivity index (χ4v) is 8.33. The molecule has 0 unspecified atom stereocenters. The maximum absolute atomic E-state index is 14.0. The van der Waals surface area contributed by atoms with Crippen LogP contribution in [0.5, 0.6) is 0 Å². The Bertz CT molecular complexity index is 1280. The first-order valence-corrected chi connectivity index (χ1v) is 21.8. The van der Waals surface area contributed by atoms with Crippen molar-refractivity contribution in [2.45, 2.75) is 181 Å². The fraction of sp³-hybridized carbons (Fsp3) is 0.800. The molecule has 0 aromatic heterocycles. The van der Waals surface area contributed by atoms with Gasteiger partial charge in [0.25, 0.3) is 0 Å². The highest BCUT2D eigenvalue weighted by Crippen LogP contribution is 2.27. The first-order chi connectivity index (χ1) is 26.4. The van der Waals surface area contributed by atoms with E-state index >= 15 is 0 Å². The molecule has 0 atom stereocenters. The first kappa shape index (κ1) is 45.6.